The quantitative estimate of drug-likeness (QED) is 0.621. The lowest BCUT2D eigenvalue weighted by atomic mass is 10.1. The smallest absolute Gasteiger partial charge is 0.220 e. The molecular formula is C13H20BrNOS. The van der Waals surface area contributed by atoms with Crippen LogP contribution in [0.4, 0.5) is 0 Å². The van der Waals surface area contributed by atoms with Gasteiger partial charge in [-0.15, -0.1) is 11.3 Å². The summed E-state index contributed by atoms with van der Waals surface area (Å²) in [7, 11) is 0. The molecule has 0 aliphatic carbocycles. The molecule has 1 N–H and O–H groups in total. The van der Waals surface area contributed by atoms with Crippen LogP contribution < -0.4 is 5.32 Å². The van der Waals surface area contributed by atoms with Crippen molar-refractivity contribution in [2.45, 2.75) is 46.1 Å². The van der Waals surface area contributed by atoms with Gasteiger partial charge in [0.1, 0.15) is 0 Å². The van der Waals surface area contributed by atoms with E-state index < -0.39 is 0 Å². The lowest BCUT2D eigenvalue weighted by molar-refractivity contribution is -0.121. The maximum absolute atomic E-state index is 11.7. The normalized spacial score (nSPS) is 12.5. The molecule has 1 amide bonds. The van der Waals surface area contributed by atoms with Gasteiger partial charge in [-0.1, -0.05) is 15.9 Å². The van der Waals surface area contributed by atoms with Crippen molar-refractivity contribution in [2.75, 3.05) is 5.33 Å². The van der Waals surface area contributed by atoms with E-state index in [2.05, 4.69) is 48.1 Å². The zero-order valence-electron chi connectivity index (χ0n) is 10.7. The second-order valence-corrected chi connectivity index (χ2v) is 6.56. The monoisotopic (exact) mass is 317 g/mol. The Kier molecular flexibility index (Phi) is 6.20. The van der Waals surface area contributed by atoms with Gasteiger partial charge in [0, 0.05) is 21.5 Å². The molecule has 0 aliphatic heterocycles. The first-order valence-corrected chi connectivity index (χ1v) is 7.90. The van der Waals surface area contributed by atoms with E-state index in [0.717, 1.165) is 18.2 Å². The predicted molar refractivity (Wildman–Crippen MR) is 78.0 cm³/mol. The van der Waals surface area contributed by atoms with Crippen LogP contribution in [0.25, 0.3) is 0 Å². The first kappa shape index (κ1) is 14.7. The third-order valence-corrected chi connectivity index (χ3v) is 4.25. The molecule has 0 aliphatic rings. The Bertz CT molecular complexity index is 375. The Hall–Kier alpha value is -0.350. The van der Waals surface area contributed by atoms with Crippen LogP contribution in [-0.2, 0) is 4.79 Å². The van der Waals surface area contributed by atoms with Crippen molar-refractivity contribution in [3.05, 3.63) is 21.4 Å². The van der Waals surface area contributed by atoms with Gasteiger partial charge in [-0.05, 0) is 45.2 Å². The Morgan fingerprint density at radius 2 is 2.18 bits per heavy atom. The third kappa shape index (κ3) is 4.80. The number of amides is 1. The topological polar surface area (TPSA) is 29.1 Å². The summed E-state index contributed by atoms with van der Waals surface area (Å²) in [6.45, 7) is 6.27. The molecule has 1 heterocycles. The number of carbonyl (C=O) groups is 1. The maximum atomic E-state index is 11.7. The van der Waals surface area contributed by atoms with Crippen LogP contribution in [0.2, 0.25) is 0 Å². The fourth-order valence-corrected chi connectivity index (χ4v) is 3.27. The van der Waals surface area contributed by atoms with Crippen LogP contribution in [0.15, 0.2) is 6.07 Å². The first-order valence-electron chi connectivity index (χ1n) is 5.97. The molecule has 0 saturated carbocycles. The van der Waals surface area contributed by atoms with Crippen molar-refractivity contribution < 1.29 is 4.79 Å². The van der Waals surface area contributed by atoms with Crippen LogP contribution in [0.5, 0.6) is 0 Å². The highest BCUT2D eigenvalue weighted by Gasteiger charge is 2.13. The summed E-state index contributed by atoms with van der Waals surface area (Å²) in [6, 6.07) is 2.29. The van der Waals surface area contributed by atoms with Crippen molar-refractivity contribution in [3.8, 4) is 0 Å². The van der Waals surface area contributed by atoms with E-state index in [9.17, 15) is 4.79 Å². The molecule has 0 saturated heterocycles. The molecule has 4 heteroatoms. The molecule has 0 spiro atoms. The standard InChI is InChI=1S/C13H20BrNOS/c1-9-8-12(11(3)17-9)10(2)15-13(16)6-4-5-7-14/h8,10H,4-7H2,1-3H3,(H,15,16). The number of alkyl halides is 1. The number of hydrogen-bond acceptors (Lipinski definition) is 2. The Balaban J connectivity index is 2.46. The summed E-state index contributed by atoms with van der Waals surface area (Å²) < 4.78 is 0. The highest BCUT2D eigenvalue weighted by Crippen LogP contribution is 2.26. The molecule has 0 fully saturated rings. The van der Waals surface area contributed by atoms with E-state index in [1.807, 2.05) is 0 Å². The number of carbonyl (C=O) groups excluding carboxylic acids is 1. The van der Waals surface area contributed by atoms with E-state index in [4.69, 9.17) is 0 Å². The minimum atomic E-state index is 0.122. The summed E-state index contributed by atoms with van der Waals surface area (Å²) in [5.41, 5.74) is 1.25. The number of rotatable bonds is 6. The predicted octanol–water partition coefficient (Wildman–Crippen LogP) is 4.11. The second kappa shape index (κ2) is 7.17. The summed E-state index contributed by atoms with van der Waals surface area (Å²) in [4.78, 5) is 14.3. The van der Waals surface area contributed by atoms with Crippen molar-refractivity contribution in [2.24, 2.45) is 0 Å². The SMILES string of the molecule is Cc1cc(C(C)NC(=O)CCCCBr)c(C)s1. The molecule has 0 radical (unpaired) electrons. The number of thiophene rings is 1. The number of nitrogens with one attached hydrogen (secondary N) is 1. The van der Waals surface area contributed by atoms with Gasteiger partial charge in [-0.25, -0.2) is 0 Å². The zero-order chi connectivity index (χ0) is 12.8. The Morgan fingerprint density at radius 3 is 2.71 bits per heavy atom. The zero-order valence-corrected chi connectivity index (χ0v) is 13.1. The number of halogens is 1. The molecule has 1 unspecified atom stereocenters. The average molecular weight is 318 g/mol. The molecule has 0 aromatic carbocycles. The molecule has 2 nitrogen and oxygen atoms in total. The summed E-state index contributed by atoms with van der Waals surface area (Å²) in [5.74, 6) is 0.154. The fraction of sp³-hybridized carbons (Fsp3) is 0.615. The summed E-state index contributed by atoms with van der Waals surface area (Å²) in [5, 5.41) is 4.03. The number of aryl methyl sites for hydroxylation is 2. The molecule has 1 aromatic heterocycles. The van der Waals surface area contributed by atoms with Gasteiger partial charge in [-0.3, -0.25) is 4.79 Å². The van der Waals surface area contributed by atoms with Gasteiger partial charge in [-0.2, -0.15) is 0 Å². The molecule has 96 valence electrons. The van der Waals surface area contributed by atoms with Gasteiger partial charge >= 0.3 is 0 Å². The molecule has 1 rings (SSSR count). The van der Waals surface area contributed by atoms with Crippen molar-refractivity contribution in [1.29, 1.82) is 0 Å². The van der Waals surface area contributed by atoms with Crippen LogP contribution in [0, 0.1) is 13.8 Å². The lowest BCUT2D eigenvalue weighted by Crippen LogP contribution is -2.26. The fourth-order valence-electron chi connectivity index (χ4n) is 1.85. The molecular weight excluding hydrogens is 298 g/mol. The lowest BCUT2D eigenvalue weighted by Gasteiger charge is -2.13. The van der Waals surface area contributed by atoms with Gasteiger partial charge in [0.25, 0.3) is 0 Å². The highest BCUT2D eigenvalue weighted by molar-refractivity contribution is 9.09. The first-order chi connectivity index (χ1) is 8.04. The summed E-state index contributed by atoms with van der Waals surface area (Å²) >= 11 is 5.16. The van der Waals surface area contributed by atoms with Crippen LogP contribution >= 0.6 is 27.3 Å². The van der Waals surface area contributed by atoms with E-state index in [-0.39, 0.29) is 11.9 Å². The molecule has 1 aromatic rings. The van der Waals surface area contributed by atoms with E-state index in [0.29, 0.717) is 6.42 Å². The van der Waals surface area contributed by atoms with Crippen LogP contribution in [-0.4, -0.2) is 11.2 Å². The van der Waals surface area contributed by atoms with Crippen molar-refractivity contribution in [3.63, 3.8) is 0 Å². The number of unbranched alkanes of at least 4 members (excludes halogenated alkanes) is 1. The largest absolute Gasteiger partial charge is 0.350 e. The van der Waals surface area contributed by atoms with Gasteiger partial charge in [0.15, 0.2) is 0 Å². The van der Waals surface area contributed by atoms with Gasteiger partial charge < -0.3 is 5.32 Å². The van der Waals surface area contributed by atoms with Crippen LogP contribution in [0.1, 0.15) is 47.5 Å². The molecule has 0 bridgehead atoms. The van der Waals surface area contributed by atoms with E-state index in [1.54, 1.807) is 11.3 Å². The highest BCUT2D eigenvalue weighted by atomic mass is 79.9. The number of hydrogen-bond donors (Lipinski definition) is 1. The Morgan fingerprint density at radius 1 is 1.47 bits per heavy atom. The minimum absolute atomic E-state index is 0.122. The van der Waals surface area contributed by atoms with Gasteiger partial charge in [0.05, 0.1) is 6.04 Å². The Labute approximate surface area is 116 Å². The van der Waals surface area contributed by atoms with Crippen LogP contribution in [0.3, 0.4) is 0 Å². The van der Waals surface area contributed by atoms with Gasteiger partial charge in [0.2, 0.25) is 5.91 Å². The average Bonchev–Trinajstić information content (AvgIpc) is 2.58. The molecule has 17 heavy (non-hydrogen) atoms. The maximum Gasteiger partial charge on any atom is 0.220 e. The third-order valence-electron chi connectivity index (χ3n) is 2.71. The second-order valence-electron chi connectivity index (χ2n) is 4.30. The molecule has 1 atom stereocenters. The summed E-state index contributed by atoms with van der Waals surface area (Å²) in [6.07, 6.45) is 2.63. The minimum Gasteiger partial charge on any atom is -0.350 e. The van der Waals surface area contributed by atoms with E-state index in [1.165, 1.54) is 15.3 Å². The van der Waals surface area contributed by atoms with E-state index >= 15 is 0 Å². The van der Waals surface area contributed by atoms with Crippen molar-refractivity contribution >= 4 is 33.2 Å². The van der Waals surface area contributed by atoms with Crippen molar-refractivity contribution in [1.82, 2.24) is 5.32 Å².